The van der Waals surface area contributed by atoms with E-state index in [1.807, 2.05) is 6.92 Å². The van der Waals surface area contributed by atoms with E-state index >= 15 is 0 Å². The summed E-state index contributed by atoms with van der Waals surface area (Å²) >= 11 is 0. The zero-order valence-electron chi connectivity index (χ0n) is 12.1. The molecule has 6 heteroatoms. The Labute approximate surface area is 114 Å². The van der Waals surface area contributed by atoms with E-state index in [1.54, 1.807) is 0 Å². The number of nitrogens with one attached hydrogen (secondary N) is 1. The van der Waals surface area contributed by atoms with Gasteiger partial charge in [0.1, 0.15) is 6.54 Å². The molecule has 6 nitrogen and oxygen atoms in total. The van der Waals surface area contributed by atoms with Crippen molar-refractivity contribution in [2.75, 3.05) is 33.2 Å². The van der Waals surface area contributed by atoms with Gasteiger partial charge in [-0.1, -0.05) is 13.8 Å². The Morgan fingerprint density at radius 1 is 1.47 bits per heavy atom. The predicted octanol–water partition coefficient (Wildman–Crippen LogP) is 0.833. The normalized spacial score (nSPS) is 23.9. The Hall–Kier alpha value is -1.30. The molecule has 0 aromatic carbocycles. The van der Waals surface area contributed by atoms with E-state index in [-0.39, 0.29) is 18.6 Å². The lowest BCUT2D eigenvalue weighted by molar-refractivity contribution is -0.137. The van der Waals surface area contributed by atoms with Crippen LogP contribution in [0.1, 0.15) is 26.7 Å². The molecule has 1 aliphatic rings. The van der Waals surface area contributed by atoms with Crippen molar-refractivity contribution in [2.45, 2.75) is 32.7 Å². The first-order chi connectivity index (χ1) is 8.93. The molecule has 0 radical (unpaired) electrons. The summed E-state index contributed by atoms with van der Waals surface area (Å²) in [5.74, 6) is -0.587. The molecule has 2 amide bonds. The number of likely N-dealkylation sites (tertiary alicyclic amines) is 1. The number of rotatable bonds is 5. The van der Waals surface area contributed by atoms with Gasteiger partial charge in [0.15, 0.2) is 0 Å². The van der Waals surface area contributed by atoms with Crippen LogP contribution >= 0.6 is 0 Å². The zero-order chi connectivity index (χ0) is 14.4. The van der Waals surface area contributed by atoms with Crippen molar-refractivity contribution in [3.63, 3.8) is 0 Å². The molecule has 1 aliphatic heterocycles. The highest BCUT2D eigenvalue weighted by molar-refractivity contribution is 5.80. The topological polar surface area (TPSA) is 72.9 Å². The molecule has 0 bridgehead atoms. The molecule has 110 valence electrons. The SMILES string of the molecule is CCCN(CC(=O)O)C(=O)NC1CCN(C)CC1C. The third-order valence-corrected chi connectivity index (χ3v) is 3.52. The Morgan fingerprint density at radius 2 is 2.16 bits per heavy atom. The van der Waals surface area contributed by atoms with Gasteiger partial charge in [-0.25, -0.2) is 4.79 Å². The Balaban J connectivity index is 2.53. The highest BCUT2D eigenvalue weighted by Crippen LogP contribution is 2.15. The van der Waals surface area contributed by atoms with Gasteiger partial charge in [0.05, 0.1) is 0 Å². The predicted molar refractivity (Wildman–Crippen MR) is 73.1 cm³/mol. The van der Waals surface area contributed by atoms with Crippen LogP contribution in [0.4, 0.5) is 4.79 Å². The molecule has 2 N–H and O–H groups in total. The third kappa shape index (κ3) is 5.06. The minimum Gasteiger partial charge on any atom is -0.480 e. The lowest BCUT2D eigenvalue weighted by Gasteiger charge is -2.36. The van der Waals surface area contributed by atoms with E-state index in [9.17, 15) is 9.59 Å². The van der Waals surface area contributed by atoms with E-state index in [0.717, 1.165) is 25.9 Å². The lowest BCUT2D eigenvalue weighted by Crippen LogP contribution is -2.53. The van der Waals surface area contributed by atoms with E-state index < -0.39 is 5.97 Å². The molecule has 2 unspecified atom stereocenters. The Kier molecular flexibility index (Phi) is 6.08. The first kappa shape index (κ1) is 15.8. The number of urea groups is 1. The zero-order valence-corrected chi connectivity index (χ0v) is 12.1. The fourth-order valence-electron chi connectivity index (χ4n) is 2.50. The highest BCUT2D eigenvalue weighted by atomic mass is 16.4. The molecular formula is C13H25N3O3. The van der Waals surface area contributed by atoms with E-state index in [2.05, 4.69) is 24.2 Å². The van der Waals surface area contributed by atoms with E-state index in [1.165, 1.54) is 4.90 Å². The van der Waals surface area contributed by atoms with Gasteiger partial charge in [-0.3, -0.25) is 4.79 Å². The monoisotopic (exact) mass is 271 g/mol. The first-order valence-electron chi connectivity index (χ1n) is 6.89. The molecule has 1 rings (SSSR count). The van der Waals surface area contributed by atoms with Gasteiger partial charge < -0.3 is 20.2 Å². The van der Waals surface area contributed by atoms with E-state index in [4.69, 9.17) is 5.11 Å². The lowest BCUT2D eigenvalue weighted by atomic mass is 9.94. The summed E-state index contributed by atoms with van der Waals surface area (Å²) in [6, 6.07) is -0.123. The smallest absolute Gasteiger partial charge is 0.323 e. The molecular weight excluding hydrogens is 246 g/mol. The number of carboxylic acids is 1. The molecule has 1 saturated heterocycles. The van der Waals surface area contributed by atoms with Gasteiger partial charge >= 0.3 is 12.0 Å². The van der Waals surface area contributed by atoms with Crippen LogP contribution in [-0.4, -0.2) is 66.2 Å². The van der Waals surface area contributed by atoms with Crippen molar-refractivity contribution in [2.24, 2.45) is 5.92 Å². The van der Waals surface area contributed by atoms with Crippen molar-refractivity contribution in [3.05, 3.63) is 0 Å². The van der Waals surface area contributed by atoms with Crippen LogP contribution in [0.2, 0.25) is 0 Å². The van der Waals surface area contributed by atoms with Crippen molar-refractivity contribution in [3.8, 4) is 0 Å². The number of carbonyl (C=O) groups excluding carboxylic acids is 1. The molecule has 19 heavy (non-hydrogen) atoms. The largest absolute Gasteiger partial charge is 0.480 e. The first-order valence-corrected chi connectivity index (χ1v) is 6.89. The molecule has 2 atom stereocenters. The van der Waals surface area contributed by atoms with Crippen molar-refractivity contribution < 1.29 is 14.7 Å². The van der Waals surface area contributed by atoms with Crippen LogP contribution < -0.4 is 5.32 Å². The summed E-state index contributed by atoms with van der Waals surface area (Å²) in [6.45, 7) is 6.20. The van der Waals surface area contributed by atoms with Crippen LogP contribution in [0.3, 0.4) is 0 Å². The maximum absolute atomic E-state index is 12.1. The van der Waals surface area contributed by atoms with Crippen molar-refractivity contribution in [1.82, 2.24) is 15.1 Å². The number of aliphatic carboxylic acids is 1. The van der Waals surface area contributed by atoms with Gasteiger partial charge in [0.2, 0.25) is 0 Å². The van der Waals surface area contributed by atoms with Crippen LogP contribution in [0.5, 0.6) is 0 Å². The maximum Gasteiger partial charge on any atom is 0.323 e. The molecule has 0 aromatic heterocycles. The van der Waals surface area contributed by atoms with Crippen LogP contribution in [0.15, 0.2) is 0 Å². The van der Waals surface area contributed by atoms with Crippen LogP contribution in [-0.2, 0) is 4.79 Å². The fraction of sp³-hybridized carbons (Fsp3) is 0.846. The fourth-order valence-corrected chi connectivity index (χ4v) is 2.50. The summed E-state index contributed by atoms with van der Waals surface area (Å²) in [5.41, 5.74) is 0. The highest BCUT2D eigenvalue weighted by Gasteiger charge is 2.27. The molecule has 1 fully saturated rings. The second-order valence-corrected chi connectivity index (χ2v) is 5.40. The average molecular weight is 271 g/mol. The number of hydrogen-bond acceptors (Lipinski definition) is 3. The summed E-state index contributed by atoms with van der Waals surface area (Å²) in [5, 5.41) is 11.8. The molecule has 1 heterocycles. The Bertz CT molecular complexity index is 322. The standard InChI is InChI=1S/C13H25N3O3/c1-4-6-16(9-12(17)18)13(19)14-11-5-7-15(3)8-10(11)2/h10-11H,4-9H2,1-3H3,(H,14,19)(H,17,18). The molecule has 0 saturated carbocycles. The minimum atomic E-state index is -0.972. The van der Waals surface area contributed by atoms with E-state index in [0.29, 0.717) is 12.5 Å². The second-order valence-electron chi connectivity index (χ2n) is 5.40. The Morgan fingerprint density at radius 3 is 2.68 bits per heavy atom. The molecule has 0 spiro atoms. The molecule has 0 aliphatic carbocycles. The average Bonchev–Trinajstić information content (AvgIpc) is 2.31. The van der Waals surface area contributed by atoms with Crippen molar-refractivity contribution >= 4 is 12.0 Å². The van der Waals surface area contributed by atoms with Gasteiger partial charge in [-0.2, -0.15) is 0 Å². The number of piperidine rings is 1. The third-order valence-electron chi connectivity index (χ3n) is 3.52. The molecule has 0 aromatic rings. The van der Waals surface area contributed by atoms with Gasteiger partial charge in [-0.15, -0.1) is 0 Å². The van der Waals surface area contributed by atoms with Gasteiger partial charge in [0, 0.05) is 19.1 Å². The minimum absolute atomic E-state index is 0.136. The second kappa shape index (κ2) is 7.33. The van der Waals surface area contributed by atoms with Crippen LogP contribution in [0, 0.1) is 5.92 Å². The van der Waals surface area contributed by atoms with Gasteiger partial charge in [-0.05, 0) is 32.4 Å². The summed E-state index contributed by atoms with van der Waals surface area (Å²) in [7, 11) is 2.07. The quantitative estimate of drug-likeness (QED) is 0.777. The van der Waals surface area contributed by atoms with Crippen molar-refractivity contribution in [1.29, 1.82) is 0 Å². The summed E-state index contributed by atoms with van der Waals surface area (Å²) in [6.07, 6.45) is 1.67. The maximum atomic E-state index is 12.1. The number of hydrogen-bond donors (Lipinski definition) is 2. The van der Waals surface area contributed by atoms with Gasteiger partial charge in [0.25, 0.3) is 0 Å². The van der Waals surface area contributed by atoms with Crippen LogP contribution in [0.25, 0.3) is 0 Å². The summed E-state index contributed by atoms with van der Waals surface area (Å²) in [4.78, 5) is 26.5. The number of amides is 2. The number of carboxylic acid groups (broad SMARTS) is 1. The number of nitrogens with zero attached hydrogens (tertiary/aromatic N) is 2. The summed E-state index contributed by atoms with van der Waals surface area (Å²) < 4.78 is 0. The number of carbonyl (C=O) groups is 2.